The summed E-state index contributed by atoms with van der Waals surface area (Å²) in [4.78, 5) is 27.0. The Balaban J connectivity index is 1.69. The van der Waals surface area contributed by atoms with Gasteiger partial charge >= 0.3 is 0 Å². The lowest BCUT2D eigenvalue weighted by Crippen LogP contribution is -2.34. The van der Waals surface area contributed by atoms with E-state index in [2.05, 4.69) is 5.32 Å². The average Bonchev–Trinajstić information content (AvgIpc) is 3.09. The molecule has 1 fully saturated rings. The summed E-state index contributed by atoms with van der Waals surface area (Å²) in [5.41, 5.74) is 1.31. The van der Waals surface area contributed by atoms with Crippen LogP contribution >= 0.6 is 11.6 Å². The summed E-state index contributed by atoms with van der Waals surface area (Å²) >= 11 is 6.06. The van der Waals surface area contributed by atoms with Crippen LogP contribution in [0.15, 0.2) is 47.4 Å². The van der Waals surface area contributed by atoms with Gasteiger partial charge in [-0.1, -0.05) is 23.7 Å². The van der Waals surface area contributed by atoms with Gasteiger partial charge in [0.1, 0.15) is 5.75 Å². The Bertz CT molecular complexity index is 1070. The molecule has 2 atom stereocenters. The molecule has 1 aliphatic heterocycles. The number of carbonyl (C=O) groups is 2. The molecule has 7 nitrogen and oxygen atoms in total. The fraction of sp³-hybridized carbons (Fsp3) is 0.333. The van der Waals surface area contributed by atoms with E-state index in [-0.39, 0.29) is 35.7 Å². The lowest BCUT2D eigenvalue weighted by Gasteiger charge is -2.20. The molecule has 1 N–H and O–H groups in total. The van der Waals surface area contributed by atoms with Gasteiger partial charge in [0.15, 0.2) is 9.84 Å². The number of halogens is 1. The molecule has 160 valence electrons. The summed E-state index contributed by atoms with van der Waals surface area (Å²) in [5, 5.41) is 3.37. The molecule has 1 heterocycles. The van der Waals surface area contributed by atoms with Gasteiger partial charge in [-0.15, -0.1) is 0 Å². The van der Waals surface area contributed by atoms with Crippen molar-refractivity contribution in [1.82, 2.24) is 5.32 Å². The minimum atomic E-state index is -3.28. The lowest BCUT2D eigenvalue weighted by atomic mass is 10.1. The lowest BCUT2D eigenvalue weighted by molar-refractivity contribution is -0.126. The van der Waals surface area contributed by atoms with Gasteiger partial charge in [0.05, 0.1) is 29.7 Å². The SMILES string of the molecule is COc1ccc(Cl)cc1N1C[C@H](C(=O)N[C@H](C)c2ccc(S(C)(=O)=O)cc2)CC1=O. The Kier molecular flexibility index (Phi) is 6.38. The normalized spacial score (nSPS) is 17.7. The molecule has 0 radical (unpaired) electrons. The summed E-state index contributed by atoms with van der Waals surface area (Å²) in [6, 6.07) is 11.0. The fourth-order valence-corrected chi connectivity index (χ4v) is 4.21. The molecule has 30 heavy (non-hydrogen) atoms. The molecule has 0 aliphatic carbocycles. The molecule has 0 unspecified atom stereocenters. The highest BCUT2D eigenvalue weighted by molar-refractivity contribution is 7.90. The highest BCUT2D eigenvalue weighted by atomic mass is 35.5. The second kappa shape index (κ2) is 8.65. The summed E-state index contributed by atoms with van der Waals surface area (Å²) in [7, 11) is -1.77. The zero-order valence-electron chi connectivity index (χ0n) is 16.9. The van der Waals surface area contributed by atoms with Crippen molar-refractivity contribution in [2.24, 2.45) is 5.92 Å². The molecule has 2 aromatic carbocycles. The van der Waals surface area contributed by atoms with E-state index in [1.165, 1.54) is 24.1 Å². The third kappa shape index (κ3) is 4.76. The first-order chi connectivity index (χ1) is 14.1. The maximum absolute atomic E-state index is 12.8. The Morgan fingerprint density at radius 1 is 1.23 bits per heavy atom. The highest BCUT2D eigenvalue weighted by Gasteiger charge is 2.36. The van der Waals surface area contributed by atoms with Crippen LogP contribution in [-0.2, 0) is 19.4 Å². The number of carbonyl (C=O) groups excluding carboxylic acids is 2. The van der Waals surface area contributed by atoms with Crippen molar-refractivity contribution >= 4 is 38.9 Å². The predicted octanol–water partition coefficient (Wildman–Crippen LogP) is 2.98. The third-order valence-electron chi connectivity index (χ3n) is 5.09. The van der Waals surface area contributed by atoms with Crippen LogP contribution in [-0.4, -0.2) is 40.1 Å². The zero-order chi connectivity index (χ0) is 22.1. The van der Waals surface area contributed by atoms with E-state index in [1.807, 2.05) is 6.92 Å². The fourth-order valence-electron chi connectivity index (χ4n) is 3.41. The topological polar surface area (TPSA) is 92.8 Å². The summed E-state index contributed by atoms with van der Waals surface area (Å²) in [6.45, 7) is 2.03. The predicted molar refractivity (Wildman–Crippen MR) is 115 cm³/mol. The molecule has 9 heteroatoms. The largest absolute Gasteiger partial charge is 0.495 e. The van der Waals surface area contributed by atoms with Crippen LogP contribution in [0.5, 0.6) is 5.75 Å². The van der Waals surface area contributed by atoms with Gasteiger partial charge in [-0.25, -0.2) is 8.42 Å². The van der Waals surface area contributed by atoms with Crippen molar-refractivity contribution in [3.05, 3.63) is 53.1 Å². The minimum Gasteiger partial charge on any atom is -0.495 e. The first kappa shape index (κ1) is 22.1. The van der Waals surface area contributed by atoms with Gasteiger partial charge in [-0.05, 0) is 42.8 Å². The summed E-state index contributed by atoms with van der Waals surface area (Å²) < 4.78 is 28.5. The average molecular weight is 451 g/mol. The van der Waals surface area contributed by atoms with Crippen molar-refractivity contribution in [2.45, 2.75) is 24.3 Å². The molecule has 3 rings (SSSR count). The van der Waals surface area contributed by atoms with Gasteiger partial charge < -0.3 is 15.0 Å². The van der Waals surface area contributed by atoms with Gasteiger partial charge in [0.2, 0.25) is 11.8 Å². The number of benzene rings is 2. The van der Waals surface area contributed by atoms with E-state index in [0.717, 1.165) is 11.8 Å². The van der Waals surface area contributed by atoms with Gasteiger partial charge in [0.25, 0.3) is 0 Å². The van der Waals surface area contributed by atoms with E-state index in [9.17, 15) is 18.0 Å². The zero-order valence-corrected chi connectivity index (χ0v) is 18.5. The Hall–Kier alpha value is -2.58. The maximum Gasteiger partial charge on any atom is 0.227 e. The Morgan fingerprint density at radius 2 is 1.90 bits per heavy atom. The minimum absolute atomic E-state index is 0.0846. The standard InChI is InChI=1S/C21H23ClN2O5S/c1-13(14-4-7-17(8-5-14)30(3,27)28)23-21(26)15-10-20(25)24(12-15)18-11-16(22)6-9-19(18)29-2/h4-9,11,13,15H,10,12H2,1-3H3,(H,23,26)/t13-,15-/m1/s1. The molecule has 1 aliphatic rings. The van der Waals surface area contributed by atoms with Crippen molar-refractivity contribution in [2.75, 3.05) is 24.8 Å². The second-order valence-electron chi connectivity index (χ2n) is 7.29. The molecular weight excluding hydrogens is 428 g/mol. The molecular formula is C21H23ClN2O5S. The van der Waals surface area contributed by atoms with Crippen molar-refractivity contribution in [3.63, 3.8) is 0 Å². The third-order valence-corrected chi connectivity index (χ3v) is 6.46. The highest BCUT2D eigenvalue weighted by Crippen LogP contribution is 2.35. The molecule has 0 spiro atoms. The van der Waals surface area contributed by atoms with Crippen LogP contribution in [0, 0.1) is 5.92 Å². The molecule has 2 amide bonds. The van der Waals surface area contributed by atoms with Crippen LogP contribution in [0.3, 0.4) is 0 Å². The number of anilines is 1. The van der Waals surface area contributed by atoms with Gasteiger partial charge in [-0.2, -0.15) is 0 Å². The number of rotatable bonds is 6. The van der Waals surface area contributed by atoms with E-state index in [4.69, 9.17) is 16.3 Å². The number of nitrogens with zero attached hydrogens (tertiary/aromatic N) is 1. The number of methoxy groups -OCH3 is 1. The molecule has 0 bridgehead atoms. The van der Waals surface area contributed by atoms with Crippen LogP contribution in [0.1, 0.15) is 24.9 Å². The van der Waals surface area contributed by atoms with Crippen LogP contribution in [0.25, 0.3) is 0 Å². The molecule has 2 aromatic rings. The molecule has 1 saturated heterocycles. The Morgan fingerprint density at radius 3 is 2.50 bits per heavy atom. The first-order valence-electron chi connectivity index (χ1n) is 9.34. The summed E-state index contributed by atoms with van der Waals surface area (Å²) in [6.07, 6.45) is 1.23. The quantitative estimate of drug-likeness (QED) is 0.730. The number of hydrogen-bond donors (Lipinski definition) is 1. The maximum atomic E-state index is 12.8. The van der Waals surface area contributed by atoms with Gasteiger partial charge in [-0.3, -0.25) is 9.59 Å². The summed E-state index contributed by atoms with van der Waals surface area (Å²) in [5.74, 6) is -0.431. The molecule has 0 aromatic heterocycles. The number of nitrogens with one attached hydrogen (secondary N) is 1. The number of hydrogen-bond acceptors (Lipinski definition) is 5. The van der Waals surface area contributed by atoms with Crippen LogP contribution < -0.4 is 15.0 Å². The van der Waals surface area contributed by atoms with Crippen molar-refractivity contribution in [3.8, 4) is 5.75 Å². The smallest absolute Gasteiger partial charge is 0.227 e. The Labute approximate surface area is 180 Å². The van der Waals surface area contributed by atoms with E-state index >= 15 is 0 Å². The van der Waals surface area contributed by atoms with E-state index in [0.29, 0.717) is 16.5 Å². The van der Waals surface area contributed by atoms with Crippen molar-refractivity contribution in [1.29, 1.82) is 0 Å². The second-order valence-corrected chi connectivity index (χ2v) is 9.75. The number of amides is 2. The monoisotopic (exact) mass is 450 g/mol. The van der Waals surface area contributed by atoms with E-state index < -0.39 is 15.8 Å². The van der Waals surface area contributed by atoms with Crippen molar-refractivity contribution < 1.29 is 22.7 Å². The number of sulfone groups is 1. The van der Waals surface area contributed by atoms with Crippen LogP contribution in [0.4, 0.5) is 5.69 Å². The first-order valence-corrected chi connectivity index (χ1v) is 11.6. The molecule has 0 saturated carbocycles. The van der Waals surface area contributed by atoms with Crippen LogP contribution in [0.2, 0.25) is 5.02 Å². The van der Waals surface area contributed by atoms with Gasteiger partial charge in [0, 0.05) is 24.2 Å². The van der Waals surface area contributed by atoms with E-state index in [1.54, 1.807) is 30.3 Å². The number of ether oxygens (including phenoxy) is 1.